The fourth-order valence-corrected chi connectivity index (χ4v) is 1.56. The third kappa shape index (κ3) is 3.67. The number of rotatable bonds is 6. The number of carboxylic acid groups (broad SMARTS) is 2. The number of hydrogen-bond acceptors (Lipinski definition) is 4. The third-order valence-electron chi connectivity index (χ3n) is 2.38. The lowest BCUT2D eigenvalue weighted by molar-refractivity contribution is -0.137. The summed E-state index contributed by atoms with van der Waals surface area (Å²) in [7, 11) is 0. The Labute approximate surface area is 108 Å². The number of hydrogen-bond donors (Lipinski definition) is 2. The summed E-state index contributed by atoms with van der Waals surface area (Å²) in [5.74, 6) is -3.27. The molecule has 1 rings (SSSR count). The van der Waals surface area contributed by atoms with Gasteiger partial charge in [-0.25, -0.2) is 14.4 Å². The fraction of sp³-hybridized carbons (Fsp3) is 0.154. The van der Waals surface area contributed by atoms with E-state index in [-0.39, 0.29) is 24.2 Å². The van der Waals surface area contributed by atoms with Crippen molar-refractivity contribution in [2.24, 2.45) is 0 Å². The molecule has 0 unspecified atom stereocenters. The summed E-state index contributed by atoms with van der Waals surface area (Å²) in [5, 5.41) is 18.0. The molecule has 0 fully saturated rings. The van der Waals surface area contributed by atoms with Crippen LogP contribution < -0.4 is 0 Å². The van der Waals surface area contributed by atoms with E-state index in [9.17, 15) is 14.4 Å². The van der Waals surface area contributed by atoms with Crippen LogP contribution >= 0.6 is 0 Å². The number of carbonyl (C=O) groups is 3. The van der Waals surface area contributed by atoms with Crippen molar-refractivity contribution in [3.63, 3.8) is 0 Å². The van der Waals surface area contributed by atoms with Gasteiger partial charge in [0.1, 0.15) is 0 Å². The number of carbonyl (C=O) groups excluding carboxylic acids is 1. The molecule has 0 aliphatic heterocycles. The maximum atomic E-state index is 11.1. The van der Waals surface area contributed by atoms with Gasteiger partial charge >= 0.3 is 17.9 Å². The van der Waals surface area contributed by atoms with Gasteiger partial charge in [-0.05, 0) is 11.6 Å². The van der Waals surface area contributed by atoms with Crippen molar-refractivity contribution in [2.75, 3.05) is 6.61 Å². The highest BCUT2D eigenvalue weighted by Crippen LogP contribution is 2.16. The van der Waals surface area contributed by atoms with Gasteiger partial charge in [0.15, 0.2) is 0 Å². The van der Waals surface area contributed by atoms with Crippen LogP contribution in [0, 0.1) is 0 Å². The molecule has 0 amide bonds. The average Bonchev–Trinajstić information content (AvgIpc) is 2.37. The minimum Gasteiger partial charge on any atom is -0.478 e. The Kier molecular flexibility index (Phi) is 4.82. The fourth-order valence-electron chi connectivity index (χ4n) is 1.56. The average molecular weight is 264 g/mol. The highest BCUT2D eigenvalue weighted by atomic mass is 16.5. The van der Waals surface area contributed by atoms with E-state index in [2.05, 4.69) is 6.58 Å². The molecule has 0 aliphatic carbocycles. The summed E-state index contributed by atoms with van der Waals surface area (Å²) >= 11 is 0. The Morgan fingerprint density at radius 3 is 2.42 bits per heavy atom. The molecule has 0 radical (unpaired) electrons. The largest absolute Gasteiger partial charge is 0.478 e. The van der Waals surface area contributed by atoms with E-state index < -0.39 is 17.9 Å². The maximum Gasteiger partial charge on any atom is 0.336 e. The molecule has 0 spiro atoms. The summed E-state index contributed by atoms with van der Waals surface area (Å²) in [6.45, 7) is 3.18. The third-order valence-corrected chi connectivity index (χ3v) is 2.38. The maximum absolute atomic E-state index is 11.1. The van der Waals surface area contributed by atoms with Gasteiger partial charge in [0.2, 0.25) is 0 Å². The standard InChI is InChI=1S/C13H12O6/c1-2-10(14)19-7-6-8-4-3-5-9(12(15)16)11(8)13(17)18/h2-5H,1,6-7H2,(H,15,16)(H,17,18). The quantitative estimate of drug-likeness (QED) is 0.594. The molecule has 19 heavy (non-hydrogen) atoms. The topological polar surface area (TPSA) is 101 Å². The zero-order valence-corrected chi connectivity index (χ0v) is 9.96. The first-order valence-electron chi connectivity index (χ1n) is 5.35. The second-order valence-corrected chi connectivity index (χ2v) is 3.57. The predicted octanol–water partition coefficient (Wildman–Crippen LogP) is 1.35. The van der Waals surface area contributed by atoms with E-state index >= 15 is 0 Å². The summed E-state index contributed by atoms with van der Waals surface area (Å²) in [4.78, 5) is 32.9. The van der Waals surface area contributed by atoms with Crippen LogP contribution in [-0.4, -0.2) is 34.7 Å². The van der Waals surface area contributed by atoms with Crippen molar-refractivity contribution < 1.29 is 29.3 Å². The molecule has 0 heterocycles. The molecule has 0 aromatic heterocycles. The SMILES string of the molecule is C=CC(=O)OCCc1cccc(C(=O)O)c1C(=O)O. The van der Waals surface area contributed by atoms with Crippen molar-refractivity contribution in [3.8, 4) is 0 Å². The first kappa shape index (κ1) is 14.4. The van der Waals surface area contributed by atoms with Crippen LogP contribution in [-0.2, 0) is 16.0 Å². The normalized spacial score (nSPS) is 9.68. The predicted molar refractivity (Wildman–Crippen MR) is 65.2 cm³/mol. The highest BCUT2D eigenvalue weighted by molar-refractivity contribution is 6.02. The van der Waals surface area contributed by atoms with Crippen molar-refractivity contribution in [3.05, 3.63) is 47.5 Å². The summed E-state index contributed by atoms with van der Waals surface area (Å²) < 4.78 is 4.73. The van der Waals surface area contributed by atoms with E-state index in [1.54, 1.807) is 0 Å². The Morgan fingerprint density at radius 2 is 1.89 bits per heavy atom. The second-order valence-electron chi connectivity index (χ2n) is 3.57. The van der Waals surface area contributed by atoms with Gasteiger partial charge in [-0.3, -0.25) is 0 Å². The van der Waals surface area contributed by atoms with Gasteiger partial charge in [0.25, 0.3) is 0 Å². The van der Waals surface area contributed by atoms with E-state index in [1.807, 2.05) is 0 Å². The van der Waals surface area contributed by atoms with Crippen LogP contribution in [0.5, 0.6) is 0 Å². The molecule has 0 saturated heterocycles. The van der Waals surface area contributed by atoms with Gasteiger partial charge in [-0.1, -0.05) is 18.7 Å². The molecule has 1 aromatic rings. The Bertz CT molecular complexity index is 532. The number of aromatic carboxylic acids is 2. The minimum atomic E-state index is -1.33. The number of ether oxygens (including phenoxy) is 1. The van der Waals surface area contributed by atoms with Crippen molar-refractivity contribution >= 4 is 17.9 Å². The van der Waals surface area contributed by atoms with Crippen LogP contribution in [0.3, 0.4) is 0 Å². The van der Waals surface area contributed by atoms with Crippen molar-refractivity contribution in [1.29, 1.82) is 0 Å². The zero-order valence-electron chi connectivity index (χ0n) is 9.96. The van der Waals surface area contributed by atoms with Gasteiger partial charge < -0.3 is 14.9 Å². The monoisotopic (exact) mass is 264 g/mol. The molecule has 6 heteroatoms. The number of carboxylic acids is 2. The van der Waals surface area contributed by atoms with Crippen LogP contribution in [0.25, 0.3) is 0 Å². The van der Waals surface area contributed by atoms with E-state index in [1.165, 1.54) is 18.2 Å². The Balaban J connectivity index is 2.97. The van der Waals surface area contributed by atoms with Crippen LogP contribution in [0.4, 0.5) is 0 Å². The van der Waals surface area contributed by atoms with Gasteiger partial charge in [0, 0.05) is 12.5 Å². The van der Waals surface area contributed by atoms with E-state index in [4.69, 9.17) is 14.9 Å². The zero-order chi connectivity index (χ0) is 14.4. The molecular formula is C13H12O6. The molecule has 6 nitrogen and oxygen atoms in total. The van der Waals surface area contributed by atoms with Gasteiger partial charge in [-0.15, -0.1) is 0 Å². The molecule has 0 aliphatic rings. The first-order chi connectivity index (χ1) is 8.97. The Hall–Kier alpha value is -2.63. The van der Waals surface area contributed by atoms with E-state index in [0.717, 1.165) is 6.08 Å². The minimum absolute atomic E-state index is 0.0474. The van der Waals surface area contributed by atoms with Crippen molar-refractivity contribution in [1.82, 2.24) is 0 Å². The lowest BCUT2D eigenvalue weighted by atomic mass is 9.99. The molecule has 0 bridgehead atoms. The van der Waals surface area contributed by atoms with Crippen LogP contribution in [0.2, 0.25) is 0 Å². The van der Waals surface area contributed by atoms with Gasteiger partial charge in [-0.2, -0.15) is 0 Å². The summed E-state index contributed by atoms with van der Waals surface area (Å²) in [5.41, 5.74) is -0.283. The smallest absolute Gasteiger partial charge is 0.336 e. The number of benzene rings is 1. The summed E-state index contributed by atoms with van der Waals surface area (Å²) in [6, 6.07) is 4.14. The molecule has 1 aromatic carbocycles. The van der Waals surface area contributed by atoms with Gasteiger partial charge in [0.05, 0.1) is 17.7 Å². The molecule has 100 valence electrons. The molecule has 0 atom stereocenters. The van der Waals surface area contributed by atoms with Crippen LogP contribution in [0.1, 0.15) is 26.3 Å². The Morgan fingerprint density at radius 1 is 1.21 bits per heavy atom. The molecular weight excluding hydrogens is 252 g/mol. The molecule has 2 N–H and O–H groups in total. The lowest BCUT2D eigenvalue weighted by Crippen LogP contribution is -2.13. The van der Waals surface area contributed by atoms with Crippen LogP contribution in [0.15, 0.2) is 30.9 Å². The molecule has 0 saturated carbocycles. The summed E-state index contributed by atoms with van der Waals surface area (Å²) in [6.07, 6.45) is 1.11. The second kappa shape index (κ2) is 6.34. The first-order valence-corrected chi connectivity index (χ1v) is 5.35. The lowest BCUT2D eigenvalue weighted by Gasteiger charge is -2.09. The van der Waals surface area contributed by atoms with E-state index in [0.29, 0.717) is 5.56 Å². The highest BCUT2D eigenvalue weighted by Gasteiger charge is 2.19. The number of esters is 1. The van der Waals surface area contributed by atoms with Crippen molar-refractivity contribution in [2.45, 2.75) is 6.42 Å².